The lowest BCUT2D eigenvalue weighted by atomic mass is 10.1. The average molecular weight is 262 g/mol. The lowest BCUT2D eigenvalue weighted by molar-refractivity contribution is 0.0956. The largest absolute Gasteiger partial charge is 0.351 e. The van der Waals surface area contributed by atoms with Crippen LogP contribution < -0.4 is 5.32 Å². The van der Waals surface area contributed by atoms with Gasteiger partial charge in [0.05, 0.1) is 5.69 Å². The zero-order valence-electron chi connectivity index (χ0n) is 9.49. The molecule has 0 saturated heterocycles. The second-order valence-electron chi connectivity index (χ2n) is 3.85. The molecule has 0 fully saturated rings. The highest BCUT2D eigenvalue weighted by atomic mass is 35.5. The number of nitrogens with zero attached hydrogens (tertiary/aromatic N) is 2. The number of halogens is 1. The second-order valence-corrected chi connectivity index (χ2v) is 4.91. The summed E-state index contributed by atoms with van der Waals surface area (Å²) in [6.07, 6.45) is 1.98. The number of rotatable bonds is 6. The van der Waals surface area contributed by atoms with Gasteiger partial charge in [-0.3, -0.25) is 4.79 Å². The molecular formula is C10H16ClN3OS. The Labute approximate surface area is 105 Å². The van der Waals surface area contributed by atoms with Crippen molar-refractivity contribution in [3.63, 3.8) is 0 Å². The normalized spacial score (nSPS) is 12.4. The molecule has 0 aliphatic rings. The molecule has 1 rings (SSSR count). The van der Waals surface area contributed by atoms with Crippen LogP contribution in [0.25, 0.3) is 0 Å². The first-order chi connectivity index (χ1) is 7.65. The zero-order chi connectivity index (χ0) is 12.0. The number of amides is 1. The van der Waals surface area contributed by atoms with Crippen molar-refractivity contribution in [2.75, 3.05) is 12.4 Å². The maximum Gasteiger partial charge on any atom is 0.264 e. The summed E-state index contributed by atoms with van der Waals surface area (Å²) in [5.74, 6) is 1.10. The monoisotopic (exact) mass is 261 g/mol. The molecule has 4 nitrogen and oxygen atoms in total. The van der Waals surface area contributed by atoms with Gasteiger partial charge in [0.2, 0.25) is 0 Å². The molecule has 0 aliphatic carbocycles. The van der Waals surface area contributed by atoms with E-state index in [2.05, 4.69) is 21.8 Å². The van der Waals surface area contributed by atoms with Crippen molar-refractivity contribution in [1.82, 2.24) is 14.9 Å². The van der Waals surface area contributed by atoms with Crippen LogP contribution in [0.15, 0.2) is 0 Å². The van der Waals surface area contributed by atoms with Gasteiger partial charge in [0.15, 0.2) is 0 Å². The molecular weight excluding hydrogens is 246 g/mol. The number of carbonyl (C=O) groups is 1. The Morgan fingerprint density at radius 1 is 1.62 bits per heavy atom. The number of aryl methyl sites for hydroxylation is 1. The second kappa shape index (κ2) is 6.81. The summed E-state index contributed by atoms with van der Waals surface area (Å²) in [6.45, 7) is 4.57. The lowest BCUT2D eigenvalue weighted by Gasteiger charge is -2.07. The number of aromatic nitrogens is 2. The zero-order valence-corrected chi connectivity index (χ0v) is 11.1. The van der Waals surface area contributed by atoms with Crippen LogP contribution in [0.1, 0.15) is 35.1 Å². The Morgan fingerprint density at radius 2 is 2.38 bits per heavy atom. The van der Waals surface area contributed by atoms with Crippen molar-refractivity contribution in [2.45, 2.75) is 26.7 Å². The van der Waals surface area contributed by atoms with Gasteiger partial charge in [0.1, 0.15) is 4.88 Å². The van der Waals surface area contributed by atoms with E-state index in [9.17, 15) is 4.79 Å². The van der Waals surface area contributed by atoms with Gasteiger partial charge in [-0.05, 0) is 37.2 Å². The molecule has 1 N–H and O–H groups in total. The summed E-state index contributed by atoms with van der Waals surface area (Å²) in [7, 11) is 0. The van der Waals surface area contributed by atoms with Crippen molar-refractivity contribution in [2.24, 2.45) is 5.92 Å². The maximum atomic E-state index is 11.6. The van der Waals surface area contributed by atoms with Crippen molar-refractivity contribution >= 4 is 29.0 Å². The molecule has 1 unspecified atom stereocenters. The van der Waals surface area contributed by atoms with Crippen LogP contribution >= 0.6 is 23.1 Å². The summed E-state index contributed by atoms with van der Waals surface area (Å²) >= 11 is 6.83. The highest BCUT2D eigenvalue weighted by Gasteiger charge is 2.12. The topological polar surface area (TPSA) is 54.9 Å². The molecule has 0 bridgehead atoms. The van der Waals surface area contributed by atoms with Gasteiger partial charge >= 0.3 is 0 Å². The number of hydrogen-bond acceptors (Lipinski definition) is 4. The quantitative estimate of drug-likeness (QED) is 0.631. The van der Waals surface area contributed by atoms with E-state index in [0.717, 1.165) is 24.4 Å². The van der Waals surface area contributed by atoms with Gasteiger partial charge in [0.25, 0.3) is 5.91 Å². The first kappa shape index (κ1) is 13.4. The number of hydrogen-bond donors (Lipinski definition) is 1. The third kappa shape index (κ3) is 4.06. The van der Waals surface area contributed by atoms with Crippen LogP contribution in [0.2, 0.25) is 0 Å². The first-order valence-electron chi connectivity index (χ1n) is 5.28. The van der Waals surface area contributed by atoms with Crippen molar-refractivity contribution in [3.8, 4) is 0 Å². The highest BCUT2D eigenvalue weighted by molar-refractivity contribution is 7.07. The van der Waals surface area contributed by atoms with E-state index < -0.39 is 0 Å². The van der Waals surface area contributed by atoms with E-state index in [4.69, 9.17) is 11.6 Å². The third-order valence-electron chi connectivity index (χ3n) is 2.28. The van der Waals surface area contributed by atoms with E-state index in [1.165, 1.54) is 0 Å². The van der Waals surface area contributed by atoms with E-state index in [0.29, 0.717) is 28.9 Å². The van der Waals surface area contributed by atoms with Crippen LogP contribution in [0.5, 0.6) is 0 Å². The van der Waals surface area contributed by atoms with Crippen LogP contribution in [-0.2, 0) is 0 Å². The van der Waals surface area contributed by atoms with Gasteiger partial charge in [-0.2, -0.15) is 0 Å². The standard InChI is InChI=1S/C10H16ClN3OS/c1-7(6-11)4-3-5-12-10(15)9-8(2)13-14-16-9/h7H,3-6H2,1-2H3,(H,12,15). The maximum absolute atomic E-state index is 11.6. The Bertz CT molecular complexity index is 343. The predicted octanol–water partition coefficient (Wildman–Crippen LogP) is 2.23. The Morgan fingerprint density at radius 3 is 2.94 bits per heavy atom. The fourth-order valence-corrected chi connectivity index (χ4v) is 1.98. The van der Waals surface area contributed by atoms with E-state index in [-0.39, 0.29) is 5.91 Å². The smallest absolute Gasteiger partial charge is 0.264 e. The summed E-state index contributed by atoms with van der Waals surface area (Å²) in [5.41, 5.74) is 0.691. The van der Waals surface area contributed by atoms with Crippen molar-refractivity contribution < 1.29 is 4.79 Å². The van der Waals surface area contributed by atoms with Crippen LogP contribution in [0, 0.1) is 12.8 Å². The van der Waals surface area contributed by atoms with E-state index in [1.54, 1.807) is 6.92 Å². The lowest BCUT2D eigenvalue weighted by Crippen LogP contribution is -2.24. The average Bonchev–Trinajstić information content (AvgIpc) is 2.70. The van der Waals surface area contributed by atoms with E-state index in [1.807, 2.05) is 0 Å². The summed E-state index contributed by atoms with van der Waals surface area (Å²) in [6, 6.07) is 0. The highest BCUT2D eigenvalue weighted by Crippen LogP contribution is 2.09. The van der Waals surface area contributed by atoms with Gasteiger partial charge in [-0.25, -0.2) is 0 Å². The van der Waals surface area contributed by atoms with Crippen LogP contribution in [0.4, 0.5) is 0 Å². The van der Waals surface area contributed by atoms with Gasteiger partial charge in [-0.1, -0.05) is 11.4 Å². The minimum atomic E-state index is -0.0778. The molecule has 1 heterocycles. The first-order valence-corrected chi connectivity index (χ1v) is 6.59. The molecule has 90 valence electrons. The number of carbonyl (C=O) groups excluding carboxylic acids is 1. The molecule has 0 spiro atoms. The molecule has 0 aromatic carbocycles. The number of alkyl halides is 1. The van der Waals surface area contributed by atoms with E-state index >= 15 is 0 Å². The van der Waals surface area contributed by atoms with Gasteiger partial charge in [-0.15, -0.1) is 16.7 Å². The van der Waals surface area contributed by atoms with Crippen LogP contribution in [0.3, 0.4) is 0 Å². The van der Waals surface area contributed by atoms with Gasteiger partial charge < -0.3 is 5.32 Å². The molecule has 1 atom stereocenters. The molecule has 1 aromatic rings. The Kier molecular flexibility index (Phi) is 5.69. The molecule has 16 heavy (non-hydrogen) atoms. The predicted molar refractivity (Wildman–Crippen MR) is 66.1 cm³/mol. The summed E-state index contributed by atoms with van der Waals surface area (Å²) < 4.78 is 3.73. The molecule has 0 saturated carbocycles. The Hall–Kier alpha value is -0.680. The fraction of sp³-hybridized carbons (Fsp3) is 0.700. The molecule has 1 amide bonds. The molecule has 0 radical (unpaired) electrons. The summed E-state index contributed by atoms with van der Waals surface area (Å²) in [4.78, 5) is 12.2. The molecule has 6 heteroatoms. The minimum Gasteiger partial charge on any atom is -0.351 e. The third-order valence-corrected chi connectivity index (χ3v) is 3.63. The van der Waals surface area contributed by atoms with Crippen LogP contribution in [-0.4, -0.2) is 27.9 Å². The SMILES string of the molecule is Cc1nnsc1C(=O)NCCCC(C)CCl. The number of nitrogens with one attached hydrogen (secondary N) is 1. The van der Waals surface area contributed by atoms with Crippen molar-refractivity contribution in [1.29, 1.82) is 0 Å². The Balaban J connectivity index is 2.24. The molecule has 1 aromatic heterocycles. The minimum absolute atomic E-state index is 0.0778. The molecule has 0 aliphatic heterocycles. The van der Waals surface area contributed by atoms with Gasteiger partial charge in [0, 0.05) is 12.4 Å². The fourth-order valence-electron chi connectivity index (χ4n) is 1.25. The summed E-state index contributed by atoms with van der Waals surface area (Å²) in [5, 5.41) is 6.65. The van der Waals surface area contributed by atoms with Crippen molar-refractivity contribution in [3.05, 3.63) is 10.6 Å².